The summed E-state index contributed by atoms with van der Waals surface area (Å²) in [6, 6.07) is 0. The highest BCUT2D eigenvalue weighted by Crippen LogP contribution is 2.11. The summed E-state index contributed by atoms with van der Waals surface area (Å²) >= 11 is 0. The van der Waals surface area contributed by atoms with Crippen LogP contribution in [0.2, 0.25) is 0 Å². The number of hydrogen-bond acceptors (Lipinski definition) is 4. The normalized spacial score (nSPS) is 24.5. The third-order valence-corrected chi connectivity index (χ3v) is 3.58. The van der Waals surface area contributed by atoms with Crippen LogP contribution in [0, 0.1) is 0 Å². The molecule has 1 heterocycles. The quantitative estimate of drug-likeness (QED) is 0.500. The van der Waals surface area contributed by atoms with Crippen molar-refractivity contribution in [3.63, 3.8) is 0 Å². The zero-order valence-electron chi connectivity index (χ0n) is 8.09. The van der Waals surface area contributed by atoms with E-state index in [4.69, 9.17) is 9.29 Å². The van der Waals surface area contributed by atoms with Crippen molar-refractivity contribution in [1.82, 2.24) is 0 Å². The zero-order chi connectivity index (χ0) is 10.8. The van der Waals surface area contributed by atoms with Crippen LogP contribution in [0.5, 0.6) is 0 Å². The summed E-state index contributed by atoms with van der Waals surface area (Å²) in [6.45, 7) is 2.92. The maximum Gasteiger partial charge on any atom is 0.273 e. The Morgan fingerprint density at radius 1 is 1.43 bits per heavy atom. The second kappa shape index (κ2) is 4.11. The molecule has 0 saturated carbocycles. The van der Waals surface area contributed by atoms with Crippen LogP contribution < -0.4 is 0 Å². The lowest BCUT2D eigenvalue weighted by Crippen LogP contribution is -2.56. The van der Waals surface area contributed by atoms with Gasteiger partial charge in [-0.25, -0.2) is 5.21 Å². The number of rotatable bonds is 3. The second-order valence-electron chi connectivity index (χ2n) is 3.66. The maximum atomic E-state index is 10.8. The molecule has 1 aliphatic heterocycles. The first kappa shape index (κ1) is 11.9. The van der Waals surface area contributed by atoms with E-state index in [1.54, 1.807) is 0 Å². The van der Waals surface area contributed by atoms with Crippen molar-refractivity contribution in [2.45, 2.75) is 12.2 Å². The van der Waals surface area contributed by atoms with Crippen molar-refractivity contribution >= 4 is 10.1 Å². The summed E-state index contributed by atoms with van der Waals surface area (Å²) in [5, 5.41) is 8.93. The third-order valence-electron chi connectivity index (χ3n) is 2.41. The van der Waals surface area contributed by atoms with Crippen molar-refractivity contribution < 1.29 is 27.6 Å². The van der Waals surface area contributed by atoms with Gasteiger partial charge in [-0.15, -0.1) is 0 Å². The van der Waals surface area contributed by atoms with Crippen molar-refractivity contribution in [2.24, 2.45) is 0 Å². The average Bonchev–Trinajstić information content (AvgIpc) is 2.02. The SMILES string of the molecule is CC(C[N+]1(O)CCOCC1)S(=O)(=O)O. The molecule has 7 heteroatoms. The fraction of sp³-hybridized carbons (Fsp3) is 1.00. The summed E-state index contributed by atoms with van der Waals surface area (Å²) in [7, 11) is -4.06. The molecular weight excluding hydrogens is 210 g/mol. The molecule has 0 bridgehead atoms. The van der Waals surface area contributed by atoms with Crippen LogP contribution in [-0.4, -0.2) is 60.9 Å². The Morgan fingerprint density at radius 2 is 1.93 bits per heavy atom. The fourth-order valence-corrected chi connectivity index (χ4v) is 1.90. The fourth-order valence-electron chi connectivity index (χ4n) is 1.44. The van der Waals surface area contributed by atoms with Gasteiger partial charge in [0.2, 0.25) is 0 Å². The second-order valence-corrected chi connectivity index (χ2v) is 5.50. The highest BCUT2D eigenvalue weighted by molar-refractivity contribution is 7.86. The number of nitrogens with zero attached hydrogens (tertiary/aromatic N) is 1. The van der Waals surface area contributed by atoms with E-state index in [2.05, 4.69) is 0 Å². The number of quaternary nitrogens is 1. The minimum Gasteiger partial charge on any atom is -0.370 e. The average molecular weight is 226 g/mol. The molecule has 0 aromatic rings. The van der Waals surface area contributed by atoms with Gasteiger partial charge in [0.05, 0.1) is 13.2 Å². The van der Waals surface area contributed by atoms with Crippen molar-refractivity contribution in [1.29, 1.82) is 0 Å². The van der Waals surface area contributed by atoms with E-state index in [1.807, 2.05) is 0 Å². The van der Waals surface area contributed by atoms with Crippen LogP contribution in [0.1, 0.15) is 6.92 Å². The first-order valence-electron chi connectivity index (χ1n) is 4.46. The van der Waals surface area contributed by atoms with E-state index in [0.29, 0.717) is 26.3 Å². The van der Waals surface area contributed by atoms with Crippen LogP contribution in [0.15, 0.2) is 0 Å². The first-order valence-corrected chi connectivity index (χ1v) is 5.97. The predicted octanol–water partition coefficient (Wildman–Crippen LogP) is -0.501. The molecule has 0 aromatic carbocycles. The van der Waals surface area contributed by atoms with Crippen molar-refractivity contribution in [3.05, 3.63) is 0 Å². The van der Waals surface area contributed by atoms with E-state index < -0.39 is 15.4 Å². The lowest BCUT2D eigenvalue weighted by molar-refractivity contribution is -1.11. The van der Waals surface area contributed by atoms with Crippen LogP contribution in [0.3, 0.4) is 0 Å². The summed E-state index contributed by atoms with van der Waals surface area (Å²) in [4.78, 5) is 0. The number of hydrogen-bond donors (Lipinski definition) is 2. The Hall–Kier alpha value is -0.210. The number of ether oxygens (including phenoxy) is 1. The summed E-state index contributed by atoms with van der Waals surface area (Å²) < 4.78 is 35.0. The van der Waals surface area contributed by atoms with Gasteiger partial charge in [-0.2, -0.15) is 13.1 Å². The molecule has 1 saturated heterocycles. The minimum atomic E-state index is -4.06. The molecule has 0 aliphatic carbocycles. The van der Waals surface area contributed by atoms with Gasteiger partial charge in [0.25, 0.3) is 10.1 Å². The van der Waals surface area contributed by atoms with E-state index in [1.165, 1.54) is 6.92 Å². The van der Waals surface area contributed by atoms with E-state index in [-0.39, 0.29) is 11.2 Å². The molecule has 1 aliphatic rings. The Bertz CT molecular complexity index is 282. The zero-order valence-corrected chi connectivity index (χ0v) is 8.90. The number of morpholine rings is 1. The molecule has 1 atom stereocenters. The van der Waals surface area contributed by atoms with Gasteiger partial charge in [0.15, 0.2) is 0 Å². The highest BCUT2D eigenvalue weighted by atomic mass is 32.2. The van der Waals surface area contributed by atoms with Gasteiger partial charge < -0.3 is 4.74 Å². The van der Waals surface area contributed by atoms with Gasteiger partial charge in [-0.05, 0) is 6.92 Å². The van der Waals surface area contributed by atoms with E-state index >= 15 is 0 Å². The molecule has 1 unspecified atom stereocenters. The summed E-state index contributed by atoms with van der Waals surface area (Å²) in [6.07, 6.45) is 0. The van der Waals surface area contributed by atoms with Crippen LogP contribution in [0.4, 0.5) is 0 Å². The predicted molar refractivity (Wildman–Crippen MR) is 48.5 cm³/mol. The van der Waals surface area contributed by atoms with Crippen molar-refractivity contribution in [3.8, 4) is 0 Å². The molecular formula is C7H16NO5S+. The molecule has 1 fully saturated rings. The largest absolute Gasteiger partial charge is 0.370 e. The van der Waals surface area contributed by atoms with Crippen LogP contribution in [0.25, 0.3) is 0 Å². The lowest BCUT2D eigenvalue weighted by Gasteiger charge is -2.34. The number of hydroxylamine groups is 3. The van der Waals surface area contributed by atoms with Crippen molar-refractivity contribution in [2.75, 3.05) is 32.8 Å². The van der Waals surface area contributed by atoms with Gasteiger partial charge in [0, 0.05) is 0 Å². The molecule has 0 radical (unpaired) electrons. The molecule has 14 heavy (non-hydrogen) atoms. The molecule has 0 amide bonds. The van der Waals surface area contributed by atoms with Gasteiger partial charge in [-0.1, -0.05) is 0 Å². The Morgan fingerprint density at radius 3 is 2.36 bits per heavy atom. The molecule has 2 N–H and O–H groups in total. The molecule has 0 spiro atoms. The Labute approximate surface area is 83.4 Å². The molecule has 1 rings (SSSR count). The topological polar surface area (TPSA) is 83.8 Å². The molecule has 6 nitrogen and oxygen atoms in total. The third kappa shape index (κ3) is 3.18. The van der Waals surface area contributed by atoms with Crippen LogP contribution >= 0.6 is 0 Å². The molecule has 0 aromatic heterocycles. The van der Waals surface area contributed by atoms with Gasteiger partial charge in [0.1, 0.15) is 24.9 Å². The standard InChI is InChI=1S/C7H15NO5S/c1-7(14(10,11)12)6-8(9)2-4-13-5-3-8/h7,9H,2-6H2,1H3/p+1. The minimum absolute atomic E-state index is 0.00218. The maximum absolute atomic E-state index is 10.8. The van der Waals surface area contributed by atoms with Gasteiger partial charge in [-0.3, -0.25) is 4.55 Å². The summed E-state index contributed by atoms with van der Waals surface area (Å²) in [5.74, 6) is 0. The first-order chi connectivity index (χ1) is 6.33. The van der Waals surface area contributed by atoms with E-state index in [9.17, 15) is 13.6 Å². The van der Waals surface area contributed by atoms with Gasteiger partial charge >= 0.3 is 0 Å². The Kier molecular flexibility index (Phi) is 3.49. The monoisotopic (exact) mass is 226 g/mol. The lowest BCUT2D eigenvalue weighted by atomic mass is 10.3. The summed E-state index contributed by atoms with van der Waals surface area (Å²) in [5.41, 5.74) is 0. The Balaban J connectivity index is 2.58. The van der Waals surface area contributed by atoms with E-state index in [0.717, 1.165) is 0 Å². The highest BCUT2D eigenvalue weighted by Gasteiger charge is 2.35. The smallest absolute Gasteiger partial charge is 0.273 e. The van der Waals surface area contributed by atoms with Crippen LogP contribution in [-0.2, 0) is 14.9 Å². The molecule has 84 valence electrons.